The van der Waals surface area contributed by atoms with Gasteiger partial charge in [-0.15, -0.1) is 0 Å². The van der Waals surface area contributed by atoms with Crippen LogP contribution in [0, 0.1) is 6.92 Å². The molecule has 0 fully saturated rings. The molecule has 1 heterocycles. The summed E-state index contributed by atoms with van der Waals surface area (Å²) >= 11 is 0. The van der Waals surface area contributed by atoms with Crippen molar-refractivity contribution >= 4 is 11.6 Å². The van der Waals surface area contributed by atoms with Crippen LogP contribution in [0.4, 0.5) is 5.69 Å². The molecule has 0 radical (unpaired) electrons. The van der Waals surface area contributed by atoms with Gasteiger partial charge in [0.25, 0.3) is 5.91 Å². The lowest BCUT2D eigenvalue weighted by atomic mass is 10.1. The molecule has 2 aromatic carbocycles. The molecule has 1 amide bonds. The largest absolute Gasteiger partial charge is 0.494 e. The van der Waals surface area contributed by atoms with E-state index in [0.717, 1.165) is 11.3 Å². The van der Waals surface area contributed by atoms with Crippen molar-refractivity contribution in [3.05, 3.63) is 72.1 Å². The Balaban J connectivity index is 1.68. The molecule has 26 heavy (non-hydrogen) atoms. The predicted octanol–water partition coefficient (Wildman–Crippen LogP) is 4.23. The summed E-state index contributed by atoms with van der Waals surface area (Å²) in [5.74, 6) is 1.16. The van der Waals surface area contributed by atoms with Gasteiger partial charge in [-0.05, 0) is 67.9 Å². The molecule has 132 valence electrons. The minimum atomic E-state index is -0.184. The van der Waals surface area contributed by atoms with E-state index < -0.39 is 0 Å². The van der Waals surface area contributed by atoms with Crippen LogP contribution in [0.3, 0.4) is 0 Å². The second kappa shape index (κ2) is 8.11. The molecule has 3 rings (SSSR count). The number of nitrogens with one attached hydrogen (secondary N) is 1. The monoisotopic (exact) mass is 349 g/mol. The lowest BCUT2D eigenvalue weighted by molar-refractivity contribution is 0.102. The fourth-order valence-electron chi connectivity index (χ4n) is 2.35. The maximum absolute atomic E-state index is 12.4. The number of carbonyl (C=O) groups is 1. The first-order chi connectivity index (χ1) is 12.7. The smallest absolute Gasteiger partial charge is 0.321 e. The quantitative estimate of drug-likeness (QED) is 0.721. The number of carbonyl (C=O) groups excluding carboxylic acids is 1. The lowest BCUT2D eigenvalue weighted by Gasteiger charge is -2.11. The number of amides is 1. The van der Waals surface area contributed by atoms with Crippen molar-refractivity contribution in [2.24, 2.45) is 0 Å². The summed E-state index contributed by atoms with van der Waals surface area (Å²) in [5.41, 5.74) is 2.15. The zero-order valence-corrected chi connectivity index (χ0v) is 14.6. The second-order valence-corrected chi connectivity index (χ2v) is 5.52. The van der Waals surface area contributed by atoms with Gasteiger partial charge in [0.1, 0.15) is 11.5 Å². The zero-order chi connectivity index (χ0) is 18.4. The number of nitrogens with zero attached hydrogens (tertiary/aromatic N) is 2. The summed E-state index contributed by atoms with van der Waals surface area (Å²) in [6.45, 7) is 4.40. The van der Waals surface area contributed by atoms with Crippen molar-refractivity contribution < 1.29 is 14.3 Å². The van der Waals surface area contributed by atoms with Crippen LogP contribution in [-0.4, -0.2) is 22.5 Å². The van der Waals surface area contributed by atoms with Gasteiger partial charge in [-0.2, -0.15) is 0 Å². The number of aromatic nitrogens is 2. The summed E-state index contributed by atoms with van der Waals surface area (Å²) in [4.78, 5) is 20.5. The van der Waals surface area contributed by atoms with Gasteiger partial charge in [0.2, 0.25) is 0 Å². The summed E-state index contributed by atoms with van der Waals surface area (Å²) in [6.07, 6.45) is 3.22. The van der Waals surface area contributed by atoms with Crippen LogP contribution < -0.4 is 14.8 Å². The van der Waals surface area contributed by atoms with Crippen molar-refractivity contribution in [2.45, 2.75) is 13.8 Å². The van der Waals surface area contributed by atoms with Gasteiger partial charge in [-0.25, -0.2) is 9.97 Å². The third kappa shape index (κ3) is 4.36. The van der Waals surface area contributed by atoms with E-state index in [-0.39, 0.29) is 11.9 Å². The Kier molecular flexibility index (Phi) is 5.43. The van der Waals surface area contributed by atoms with E-state index in [9.17, 15) is 4.79 Å². The molecule has 0 spiro atoms. The summed E-state index contributed by atoms with van der Waals surface area (Å²) < 4.78 is 11.0. The Bertz CT molecular complexity index is 881. The molecule has 0 aliphatic rings. The number of ether oxygens (including phenoxy) is 2. The van der Waals surface area contributed by atoms with E-state index >= 15 is 0 Å². The van der Waals surface area contributed by atoms with E-state index in [1.54, 1.807) is 54.9 Å². The Hall–Kier alpha value is -3.41. The number of anilines is 1. The third-order valence-electron chi connectivity index (χ3n) is 3.62. The zero-order valence-electron chi connectivity index (χ0n) is 14.6. The molecule has 1 N–H and O–H groups in total. The molecule has 0 atom stereocenters. The van der Waals surface area contributed by atoms with Crippen LogP contribution in [0.1, 0.15) is 22.8 Å². The number of rotatable bonds is 6. The van der Waals surface area contributed by atoms with E-state index in [1.807, 2.05) is 19.9 Å². The van der Waals surface area contributed by atoms with Gasteiger partial charge < -0.3 is 14.8 Å². The molecular weight excluding hydrogens is 330 g/mol. The maximum atomic E-state index is 12.4. The van der Waals surface area contributed by atoms with E-state index in [2.05, 4.69) is 15.3 Å². The lowest BCUT2D eigenvalue weighted by Crippen LogP contribution is -2.12. The first-order valence-corrected chi connectivity index (χ1v) is 8.25. The number of hydrogen-bond acceptors (Lipinski definition) is 5. The van der Waals surface area contributed by atoms with Crippen LogP contribution in [0.25, 0.3) is 0 Å². The van der Waals surface area contributed by atoms with Crippen LogP contribution in [0.15, 0.2) is 60.9 Å². The predicted molar refractivity (Wildman–Crippen MR) is 98.8 cm³/mol. The maximum Gasteiger partial charge on any atom is 0.321 e. The molecule has 0 saturated heterocycles. The molecule has 0 unspecified atom stereocenters. The van der Waals surface area contributed by atoms with Crippen molar-refractivity contribution in [1.82, 2.24) is 9.97 Å². The average molecular weight is 349 g/mol. The van der Waals surface area contributed by atoms with Crippen LogP contribution in [-0.2, 0) is 0 Å². The van der Waals surface area contributed by atoms with Crippen molar-refractivity contribution in [3.8, 4) is 17.5 Å². The van der Waals surface area contributed by atoms with Gasteiger partial charge in [0.15, 0.2) is 0 Å². The Labute approximate surface area is 151 Å². The Morgan fingerprint density at radius 2 is 1.73 bits per heavy atom. The fourth-order valence-corrected chi connectivity index (χ4v) is 2.35. The molecule has 1 aromatic heterocycles. The van der Waals surface area contributed by atoms with E-state index in [1.165, 1.54) is 0 Å². The molecule has 6 heteroatoms. The first-order valence-electron chi connectivity index (χ1n) is 8.25. The highest BCUT2D eigenvalue weighted by Gasteiger charge is 2.09. The highest BCUT2D eigenvalue weighted by Crippen LogP contribution is 2.24. The summed E-state index contributed by atoms with van der Waals surface area (Å²) in [7, 11) is 0. The molecular formula is C20H19N3O3. The SMILES string of the molecule is CCOc1ccc(C(=O)Nc2ccc(Oc3ncccn3)cc2C)cc1. The Morgan fingerprint density at radius 1 is 1.04 bits per heavy atom. The molecule has 0 aliphatic carbocycles. The molecule has 0 bridgehead atoms. The molecule has 0 aliphatic heterocycles. The number of aryl methyl sites for hydroxylation is 1. The van der Waals surface area contributed by atoms with Gasteiger partial charge in [-0.1, -0.05) is 0 Å². The van der Waals surface area contributed by atoms with Gasteiger partial charge >= 0.3 is 6.01 Å². The summed E-state index contributed by atoms with van der Waals surface area (Å²) in [5, 5.41) is 2.90. The minimum Gasteiger partial charge on any atom is -0.494 e. The van der Waals surface area contributed by atoms with Crippen LogP contribution in [0.5, 0.6) is 17.5 Å². The van der Waals surface area contributed by atoms with Gasteiger partial charge in [-0.3, -0.25) is 4.79 Å². The fraction of sp³-hybridized carbons (Fsp3) is 0.150. The first kappa shape index (κ1) is 17.4. The van der Waals surface area contributed by atoms with Crippen molar-refractivity contribution in [2.75, 3.05) is 11.9 Å². The standard InChI is InChI=1S/C20H19N3O3/c1-3-25-16-7-5-15(6-8-16)19(24)23-18-10-9-17(13-14(18)2)26-20-21-11-4-12-22-20/h4-13H,3H2,1-2H3,(H,23,24). The molecule has 3 aromatic rings. The van der Waals surface area contributed by atoms with Crippen molar-refractivity contribution in [3.63, 3.8) is 0 Å². The molecule has 0 saturated carbocycles. The van der Waals surface area contributed by atoms with Gasteiger partial charge in [0.05, 0.1) is 6.61 Å². The minimum absolute atomic E-state index is 0.184. The highest BCUT2D eigenvalue weighted by atomic mass is 16.5. The highest BCUT2D eigenvalue weighted by molar-refractivity contribution is 6.04. The number of hydrogen-bond donors (Lipinski definition) is 1. The Morgan fingerprint density at radius 3 is 2.38 bits per heavy atom. The normalized spacial score (nSPS) is 10.2. The average Bonchev–Trinajstić information content (AvgIpc) is 2.65. The third-order valence-corrected chi connectivity index (χ3v) is 3.62. The van der Waals surface area contributed by atoms with Crippen molar-refractivity contribution in [1.29, 1.82) is 0 Å². The van der Waals surface area contributed by atoms with Gasteiger partial charge in [0, 0.05) is 23.6 Å². The molecule has 6 nitrogen and oxygen atoms in total. The second-order valence-electron chi connectivity index (χ2n) is 5.52. The van der Waals surface area contributed by atoms with Crippen LogP contribution >= 0.6 is 0 Å². The number of benzene rings is 2. The van der Waals surface area contributed by atoms with Crippen LogP contribution in [0.2, 0.25) is 0 Å². The topological polar surface area (TPSA) is 73.3 Å². The van der Waals surface area contributed by atoms with E-state index in [4.69, 9.17) is 9.47 Å². The summed E-state index contributed by atoms with van der Waals surface area (Å²) in [6, 6.07) is 14.4. The van der Waals surface area contributed by atoms with E-state index in [0.29, 0.717) is 23.6 Å².